The van der Waals surface area contributed by atoms with E-state index in [0.29, 0.717) is 0 Å². The van der Waals surface area contributed by atoms with Crippen LogP contribution >= 0.6 is 12.6 Å². The molecule has 0 saturated heterocycles. The molecule has 1 nitrogen and oxygen atoms in total. The Morgan fingerprint density at radius 3 is 2.20 bits per heavy atom. The first kappa shape index (κ1) is 5.37. The topological polar surface area (TPSA) is 20.2 Å². The fourth-order valence-corrected chi connectivity index (χ4v) is 0. The molecular weight excluding hydrogens is 82.9 g/mol. The number of rotatable bonds is 1. The highest BCUT2D eigenvalue weighted by molar-refractivity contribution is 7.82. The lowest BCUT2D eigenvalue weighted by Crippen LogP contribution is -2.01. The van der Waals surface area contributed by atoms with E-state index in [1.807, 2.05) is 7.85 Å². The smallest absolute Gasteiger partial charge is 0.121 e. The predicted molar refractivity (Wildman–Crippen MR) is 28.4 cm³/mol. The molecular formula is C2H7BOS. The summed E-state index contributed by atoms with van der Waals surface area (Å²) < 4.78 is 0. The third-order valence-electron chi connectivity index (χ3n) is 0.264. The fraction of sp³-hybridized carbons (Fsp3) is 1.00. The van der Waals surface area contributed by atoms with E-state index in [4.69, 9.17) is 5.11 Å². The van der Waals surface area contributed by atoms with Crippen LogP contribution in [-0.4, -0.2) is 24.7 Å². The van der Waals surface area contributed by atoms with E-state index >= 15 is 0 Å². The van der Waals surface area contributed by atoms with Crippen LogP contribution in [0.2, 0.25) is 0 Å². The van der Waals surface area contributed by atoms with Gasteiger partial charge in [-0.1, -0.05) is 0 Å². The zero-order valence-electron chi connectivity index (χ0n) is 3.18. The summed E-state index contributed by atoms with van der Waals surface area (Å²) in [5.74, 6) is 0. The number of aliphatic hydroxyl groups excluding tert-OH is 1. The summed E-state index contributed by atoms with van der Waals surface area (Å²) in [6.07, 6.45) is 0. The minimum atomic E-state index is 0.134. The summed E-state index contributed by atoms with van der Waals surface area (Å²) in [6.45, 7) is 0.170. The molecule has 3 heteroatoms. The molecule has 5 heavy (non-hydrogen) atoms. The van der Waals surface area contributed by atoms with Crippen molar-refractivity contribution in [1.29, 1.82) is 0 Å². The van der Waals surface area contributed by atoms with Gasteiger partial charge in [0.05, 0.1) is 0 Å². The van der Waals surface area contributed by atoms with Gasteiger partial charge in [-0.2, -0.15) is 12.6 Å². The van der Waals surface area contributed by atoms with E-state index < -0.39 is 0 Å². The van der Waals surface area contributed by atoms with Crippen LogP contribution in [0.15, 0.2) is 0 Å². The van der Waals surface area contributed by atoms with Crippen molar-refractivity contribution in [2.45, 2.75) is 5.15 Å². The van der Waals surface area contributed by atoms with E-state index in [0.717, 1.165) is 0 Å². The van der Waals surface area contributed by atoms with E-state index in [-0.39, 0.29) is 11.8 Å². The van der Waals surface area contributed by atoms with Crippen molar-refractivity contribution >= 4 is 20.5 Å². The third kappa shape index (κ3) is 4.37. The Kier molecular flexibility index (Phi) is 2.80. The second-order valence-corrected chi connectivity index (χ2v) is 1.91. The Labute approximate surface area is 38.2 Å². The molecule has 0 radical (unpaired) electrons. The second-order valence-electron chi connectivity index (χ2n) is 1.03. The van der Waals surface area contributed by atoms with Crippen molar-refractivity contribution in [2.75, 3.05) is 6.61 Å². The van der Waals surface area contributed by atoms with Gasteiger partial charge in [-0.05, 0) is 5.15 Å². The van der Waals surface area contributed by atoms with E-state index in [9.17, 15) is 0 Å². The average molecular weight is 90.0 g/mol. The summed E-state index contributed by atoms with van der Waals surface area (Å²) >= 11 is 3.85. The van der Waals surface area contributed by atoms with Crippen molar-refractivity contribution in [3.05, 3.63) is 0 Å². The summed E-state index contributed by atoms with van der Waals surface area (Å²) in [4.78, 5) is 0. The van der Waals surface area contributed by atoms with Crippen molar-refractivity contribution in [1.82, 2.24) is 0 Å². The zero-order chi connectivity index (χ0) is 4.28. The lowest BCUT2D eigenvalue weighted by Gasteiger charge is -1.88. The van der Waals surface area contributed by atoms with Gasteiger partial charge in [0, 0.05) is 6.61 Å². The maximum atomic E-state index is 8.07. The molecule has 0 aliphatic rings. The molecule has 1 atom stereocenters. The molecule has 0 fully saturated rings. The third-order valence-corrected chi connectivity index (χ3v) is 0.428. The highest BCUT2D eigenvalue weighted by Crippen LogP contribution is 1.79. The molecule has 0 amide bonds. The van der Waals surface area contributed by atoms with E-state index in [1.165, 1.54) is 0 Å². The molecule has 0 aromatic rings. The summed E-state index contributed by atoms with van der Waals surface area (Å²) in [5.41, 5.74) is 0. The van der Waals surface area contributed by atoms with Gasteiger partial charge >= 0.3 is 0 Å². The van der Waals surface area contributed by atoms with Gasteiger partial charge in [0.1, 0.15) is 7.85 Å². The molecule has 0 heterocycles. The van der Waals surface area contributed by atoms with Gasteiger partial charge in [-0.15, -0.1) is 0 Å². The van der Waals surface area contributed by atoms with Gasteiger partial charge in [0.15, 0.2) is 0 Å². The second kappa shape index (κ2) is 2.60. The van der Waals surface area contributed by atoms with Gasteiger partial charge in [0.25, 0.3) is 0 Å². The quantitative estimate of drug-likeness (QED) is 0.308. The maximum absolute atomic E-state index is 8.07. The van der Waals surface area contributed by atoms with Crippen LogP contribution < -0.4 is 0 Å². The molecule has 0 aliphatic heterocycles. The molecule has 0 rings (SSSR count). The number of thiol groups is 1. The van der Waals surface area contributed by atoms with Crippen molar-refractivity contribution in [3.63, 3.8) is 0 Å². The molecule has 0 aromatic carbocycles. The van der Waals surface area contributed by atoms with Gasteiger partial charge in [-0.3, -0.25) is 0 Å². The molecule has 0 spiro atoms. The Hall–Kier alpha value is 0.375. The summed E-state index contributed by atoms with van der Waals surface area (Å²) in [5, 5.41) is 8.20. The van der Waals surface area contributed by atoms with Crippen molar-refractivity contribution in [3.8, 4) is 0 Å². The predicted octanol–water partition coefficient (Wildman–Crippen LogP) is -1.13. The highest BCUT2D eigenvalue weighted by atomic mass is 32.1. The highest BCUT2D eigenvalue weighted by Gasteiger charge is 1.83. The van der Waals surface area contributed by atoms with Gasteiger partial charge in [0.2, 0.25) is 0 Å². The molecule has 0 bridgehead atoms. The first-order valence-electron chi connectivity index (χ1n) is 1.56. The van der Waals surface area contributed by atoms with Crippen molar-refractivity contribution < 1.29 is 5.11 Å². The fourth-order valence-electron chi connectivity index (χ4n) is 0. The van der Waals surface area contributed by atoms with Crippen LogP contribution in [0.5, 0.6) is 0 Å². The zero-order valence-corrected chi connectivity index (χ0v) is 4.07. The molecule has 0 aliphatic carbocycles. The Bertz CT molecular complexity index is 23.6. The van der Waals surface area contributed by atoms with Gasteiger partial charge < -0.3 is 5.11 Å². The number of hydrogen-bond donors (Lipinski definition) is 2. The number of hydrogen-bond acceptors (Lipinski definition) is 2. The molecule has 0 aromatic heterocycles. The summed E-state index contributed by atoms with van der Waals surface area (Å²) in [6, 6.07) is 0. The summed E-state index contributed by atoms with van der Waals surface area (Å²) in [7, 11) is 1.84. The van der Waals surface area contributed by atoms with Crippen molar-refractivity contribution in [2.24, 2.45) is 0 Å². The van der Waals surface area contributed by atoms with E-state index in [2.05, 4.69) is 12.6 Å². The maximum Gasteiger partial charge on any atom is 0.121 e. The average Bonchev–Trinajstić information content (AvgIpc) is 1.38. The van der Waals surface area contributed by atoms with Crippen LogP contribution in [0.4, 0.5) is 0 Å². The normalized spacial score (nSPS) is 14.8. The Morgan fingerprint density at radius 1 is 2.00 bits per heavy atom. The van der Waals surface area contributed by atoms with Crippen LogP contribution in [-0.2, 0) is 0 Å². The first-order valence-corrected chi connectivity index (χ1v) is 2.08. The van der Waals surface area contributed by atoms with Crippen LogP contribution in [0, 0.1) is 0 Å². The minimum absolute atomic E-state index is 0.134. The SMILES string of the molecule is BC(S)CO. The Balaban J connectivity index is 2.54. The molecule has 1 N–H and O–H groups in total. The lowest BCUT2D eigenvalue weighted by atomic mass is 10.1. The lowest BCUT2D eigenvalue weighted by molar-refractivity contribution is 0.314. The van der Waals surface area contributed by atoms with Gasteiger partial charge in [-0.25, -0.2) is 0 Å². The van der Waals surface area contributed by atoms with Crippen LogP contribution in [0.25, 0.3) is 0 Å². The molecule has 1 unspecified atom stereocenters. The number of aliphatic hydroxyl groups is 1. The molecule has 0 saturated carbocycles. The molecule has 30 valence electrons. The van der Waals surface area contributed by atoms with Crippen LogP contribution in [0.1, 0.15) is 0 Å². The minimum Gasteiger partial charge on any atom is -0.396 e. The first-order chi connectivity index (χ1) is 2.27. The van der Waals surface area contributed by atoms with Crippen LogP contribution in [0.3, 0.4) is 0 Å². The largest absolute Gasteiger partial charge is 0.396 e. The van der Waals surface area contributed by atoms with E-state index in [1.54, 1.807) is 0 Å². The monoisotopic (exact) mass is 90.0 g/mol. The Morgan fingerprint density at radius 2 is 2.20 bits per heavy atom. The standard InChI is InChI=1S/C2H7BOS/c3-2(5)1-4/h2,4-5H,1,3H2.